The van der Waals surface area contributed by atoms with Crippen LogP contribution < -0.4 is 10.3 Å². The number of rotatable bonds is 7. The number of fused-ring (bicyclic) bond motifs is 1. The van der Waals surface area contributed by atoms with Crippen molar-refractivity contribution in [2.45, 2.75) is 26.8 Å². The van der Waals surface area contributed by atoms with Gasteiger partial charge < -0.3 is 14.0 Å². The molecule has 0 N–H and O–H groups in total. The van der Waals surface area contributed by atoms with Crippen molar-refractivity contribution in [3.8, 4) is 5.75 Å². The Balaban J connectivity index is 1.58. The highest BCUT2D eigenvalue weighted by atomic mass is 19.1. The highest BCUT2D eigenvalue weighted by molar-refractivity contribution is 5.93. The average Bonchev–Trinajstić information content (AvgIpc) is 2.69. The normalized spacial score (nSPS) is 10.8. The van der Waals surface area contributed by atoms with E-state index < -0.39 is 5.97 Å². The summed E-state index contributed by atoms with van der Waals surface area (Å²) in [5, 5.41) is 0. The number of carbonyl (C=O) groups excluding carboxylic acids is 1. The quantitative estimate of drug-likeness (QED) is 0.461. The minimum atomic E-state index is -0.461. The molecule has 0 atom stereocenters. The molecule has 1 heterocycles. The van der Waals surface area contributed by atoms with Gasteiger partial charge in [-0.3, -0.25) is 4.79 Å². The van der Waals surface area contributed by atoms with Crippen molar-refractivity contribution in [2.24, 2.45) is 0 Å². The van der Waals surface area contributed by atoms with Gasteiger partial charge in [0.2, 0.25) is 0 Å². The molecule has 0 saturated heterocycles. The Labute approximate surface area is 161 Å². The minimum absolute atomic E-state index is 0.133. The van der Waals surface area contributed by atoms with E-state index in [1.807, 2.05) is 6.92 Å². The number of carbonyl (C=O) groups is 1. The standard InChI is InChI=1S/C21H21FN2O4/c1-3-24-19-10-5-15(13-18(19)23-14(2)20(24)25)21(26)28-12-4-11-27-17-8-6-16(22)7-9-17/h5-10,13H,3-4,11-12H2,1-2H3. The predicted octanol–water partition coefficient (Wildman–Crippen LogP) is 3.49. The Kier molecular flexibility index (Phi) is 6.03. The lowest BCUT2D eigenvalue weighted by Gasteiger charge is -2.10. The lowest BCUT2D eigenvalue weighted by atomic mass is 10.2. The molecule has 0 bridgehead atoms. The van der Waals surface area contributed by atoms with Crippen LogP contribution in [0.5, 0.6) is 5.75 Å². The number of esters is 1. The first-order chi connectivity index (χ1) is 13.5. The van der Waals surface area contributed by atoms with E-state index in [-0.39, 0.29) is 18.0 Å². The van der Waals surface area contributed by atoms with Gasteiger partial charge in [-0.2, -0.15) is 0 Å². The number of hydrogen-bond donors (Lipinski definition) is 0. The highest BCUT2D eigenvalue weighted by Gasteiger charge is 2.12. The summed E-state index contributed by atoms with van der Waals surface area (Å²) in [5.41, 5.74) is 1.89. The van der Waals surface area contributed by atoms with Gasteiger partial charge in [0.05, 0.1) is 29.8 Å². The molecule has 146 valence electrons. The average molecular weight is 384 g/mol. The predicted molar refractivity (Wildman–Crippen MR) is 103 cm³/mol. The van der Waals surface area contributed by atoms with Crippen molar-refractivity contribution in [1.29, 1.82) is 0 Å². The maximum Gasteiger partial charge on any atom is 0.338 e. The zero-order chi connectivity index (χ0) is 20.1. The fourth-order valence-electron chi connectivity index (χ4n) is 2.84. The Hall–Kier alpha value is -3.22. The number of ether oxygens (including phenoxy) is 2. The summed E-state index contributed by atoms with van der Waals surface area (Å²) < 4.78 is 25.2. The zero-order valence-electron chi connectivity index (χ0n) is 15.8. The third kappa shape index (κ3) is 4.36. The summed E-state index contributed by atoms with van der Waals surface area (Å²) in [6, 6.07) is 10.7. The smallest absolute Gasteiger partial charge is 0.338 e. The lowest BCUT2D eigenvalue weighted by Crippen LogP contribution is -2.23. The summed E-state index contributed by atoms with van der Waals surface area (Å²) in [5.74, 6) is -0.222. The summed E-state index contributed by atoms with van der Waals surface area (Å²) in [6.45, 7) is 4.60. The molecule has 7 heteroatoms. The number of hydrogen-bond acceptors (Lipinski definition) is 5. The van der Waals surface area contributed by atoms with Crippen molar-refractivity contribution in [2.75, 3.05) is 13.2 Å². The Morgan fingerprint density at radius 2 is 1.89 bits per heavy atom. The molecule has 1 aromatic heterocycles. The van der Waals surface area contributed by atoms with E-state index in [2.05, 4.69) is 4.98 Å². The zero-order valence-corrected chi connectivity index (χ0v) is 15.8. The van der Waals surface area contributed by atoms with Crippen molar-refractivity contribution < 1.29 is 18.7 Å². The molecule has 0 spiro atoms. The number of halogens is 1. The van der Waals surface area contributed by atoms with Gasteiger partial charge in [-0.15, -0.1) is 0 Å². The van der Waals surface area contributed by atoms with E-state index >= 15 is 0 Å². The van der Waals surface area contributed by atoms with E-state index in [0.717, 1.165) is 0 Å². The molecule has 6 nitrogen and oxygen atoms in total. The van der Waals surface area contributed by atoms with Crippen LogP contribution in [0.1, 0.15) is 29.4 Å². The van der Waals surface area contributed by atoms with Crippen molar-refractivity contribution in [3.63, 3.8) is 0 Å². The molecule has 3 aromatic rings. The van der Waals surface area contributed by atoms with E-state index in [9.17, 15) is 14.0 Å². The van der Waals surface area contributed by atoms with E-state index in [1.54, 1.807) is 41.8 Å². The second-order valence-corrected chi connectivity index (χ2v) is 6.24. The van der Waals surface area contributed by atoms with Crippen molar-refractivity contribution in [3.05, 3.63) is 69.9 Å². The first-order valence-corrected chi connectivity index (χ1v) is 9.06. The second kappa shape index (κ2) is 8.65. The van der Waals surface area contributed by atoms with Crippen LogP contribution in [-0.2, 0) is 11.3 Å². The molecule has 2 aromatic carbocycles. The van der Waals surface area contributed by atoms with Crippen LogP contribution in [0.4, 0.5) is 4.39 Å². The number of aromatic nitrogens is 2. The van der Waals surface area contributed by atoms with Gasteiger partial charge in [0.15, 0.2) is 0 Å². The van der Waals surface area contributed by atoms with Crippen LogP contribution in [0, 0.1) is 12.7 Å². The highest BCUT2D eigenvalue weighted by Crippen LogP contribution is 2.15. The molecule has 0 fully saturated rings. The molecular weight excluding hydrogens is 363 g/mol. The maximum absolute atomic E-state index is 12.8. The van der Waals surface area contributed by atoms with Crippen LogP contribution in [0.3, 0.4) is 0 Å². The van der Waals surface area contributed by atoms with Gasteiger partial charge in [-0.1, -0.05) is 0 Å². The molecule has 0 amide bonds. The maximum atomic E-state index is 12.8. The first-order valence-electron chi connectivity index (χ1n) is 9.06. The first kappa shape index (κ1) is 19.5. The van der Waals surface area contributed by atoms with Gasteiger partial charge >= 0.3 is 5.97 Å². The molecule has 0 aliphatic rings. The fraction of sp³-hybridized carbons (Fsp3) is 0.286. The molecule has 3 rings (SSSR count). The van der Waals surface area contributed by atoms with Gasteiger partial charge in [0, 0.05) is 13.0 Å². The van der Waals surface area contributed by atoms with Crippen LogP contribution in [-0.4, -0.2) is 28.7 Å². The largest absolute Gasteiger partial charge is 0.493 e. The lowest BCUT2D eigenvalue weighted by molar-refractivity contribution is 0.0486. The van der Waals surface area contributed by atoms with E-state index in [0.29, 0.717) is 47.6 Å². The molecule has 0 unspecified atom stereocenters. The summed E-state index contributed by atoms with van der Waals surface area (Å²) in [6.07, 6.45) is 0.503. The van der Waals surface area contributed by atoms with Gasteiger partial charge in [0.25, 0.3) is 5.56 Å². The van der Waals surface area contributed by atoms with Crippen LogP contribution >= 0.6 is 0 Å². The second-order valence-electron chi connectivity index (χ2n) is 6.24. The topological polar surface area (TPSA) is 70.4 Å². The van der Waals surface area contributed by atoms with Gasteiger partial charge in [-0.25, -0.2) is 14.2 Å². The van der Waals surface area contributed by atoms with Crippen molar-refractivity contribution >= 4 is 17.0 Å². The Morgan fingerprint density at radius 3 is 2.61 bits per heavy atom. The van der Waals surface area contributed by atoms with Crippen LogP contribution in [0.2, 0.25) is 0 Å². The Bertz CT molecular complexity index is 1040. The summed E-state index contributed by atoms with van der Waals surface area (Å²) in [7, 11) is 0. The number of aryl methyl sites for hydroxylation is 2. The number of benzene rings is 2. The van der Waals surface area contributed by atoms with Gasteiger partial charge in [0.1, 0.15) is 17.3 Å². The number of nitrogens with zero attached hydrogens (tertiary/aromatic N) is 2. The summed E-state index contributed by atoms with van der Waals surface area (Å²) in [4.78, 5) is 28.7. The monoisotopic (exact) mass is 384 g/mol. The molecular formula is C21H21FN2O4. The third-order valence-electron chi connectivity index (χ3n) is 4.27. The Morgan fingerprint density at radius 1 is 1.14 bits per heavy atom. The molecule has 0 aliphatic carbocycles. The fourth-order valence-corrected chi connectivity index (χ4v) is 2.84. The summed E-state index contributed by atoms with van der Waals surface area (Å²) >= 11 is 0. The van der Waals surface area contributed by atoms with Gasteiger partial charge in [-0.05, 0) is 56.3 Å². The van der Waals surface area contributed by atoms with Crippen molar-refractivity contribution in [1.82, 2.24) is 9.55 Å². The molecule has 0 saturated carbocycles. The third-order valence-corrected chi connectivity index (χ3v) is 4.27. The van der Waals surface area contributed by atoms with E-state index in [4.69, 9.17) is 9.47 Å². The molecule has 0 aliphatic heterocycles. The molecule has 28 heavy (non-hydrogen) atoms. The minimum Gasteiger partial charge on any atom is -0.493 e. The molecule has 0 radical (unpaired) electrons. The SMILES string of the molecule is CCn1c(=O)c(C)nc2cc(C(=O)OCCCOc3ccc(F)cc3)ccc21. The van der Waals surface area contributed by atoms with Crippen LogP contribution in [0.25, 0.3) is 11.0 Å². The van der Waals surface area contributed by atoms with Crippen LogP contribution in [0.15, 0.2) is 47.3 Å². The van der Waals surface area contributed by atoms with E-state index in [1.165, 1.54) is 12.1 Å².